The summed E-state index contributed by atoms with van der Waals surface area (Å²) in [6.07, 6.45) is 2.99. The number of piperidine rings is 1. The van der Waals surface area contributed by atoms with Crippen LogP contribution in [0.3, 0.4) is 0 Å². The van der Waals surface area contributed by atoms with Gasteiger partial charge in [-0.25, -0.2) is 4.79 Å². The van der Waals surface area contributed by atoms with Crippen LogP contribution in [0.4, 0.5) is 4.79 Å². The van der Waals surface area contributed by atoms with E-state index in [1.807, 2.05) is 20.8 Å². The van der Waals surface area contributed by atoms with Crippen LogP contribution < -0.4 is 10.6 Å². The van der Waals surface area contributed by atoms with Gasteiger partial charge in [0.05, 0.1) is 0 Å². The molecule has 1 heterocycles. The molecule has 0 saturated carbocycles. The summed E-state index contributed by atoms with van der Waals surface area (Å²) in [7, 11) is 2.20. The average Bonchev–Trinajstić information content (AvgIpc) is 2.40. The summed E-state index contributed by atoms with van der Waals surface area (Å²) < 4.78 is 5.32. The van der Waals surface area contributed by atoms with Gasteiger partial charge in [0.25, 0.3) is 0 Å². The van der Waals surface area contributed by atoms with E-state index in [2.05, 4.69) is 43.4 Å². The second-order valence-electron chi connectivity index (χ2n) is 8.14. The van der Waals surface area contributed by atoms with Gasteiger partial charge < -0.3 is 20.3 Å². The molecule has 4 atom stereocenters. The Balaban J connectivity index is 2.49. The highest BCUT2D eigenvalue weighted by Gasteiger charge is 2.30. The summed E-state index contributed by atoms with van der Waals surface area (Å²) in [6, 6.07) is 1.42. The molecule has 0 spiro atoms. The molecule has 5 heteroatoms. The Morgan fingerprint density at radius 3 is 2.57 bits per heavy atom. The van der Waals surface area contributed by atoms with Crippen LogP contribution in [0.2, 0.25) is 0 Å². The van der Waals surface area contributed by atoms with Gasteiger partial charge in [0.2, 0.25) is 0 Å². The van der Waals surface area contributed by atoms with Crippen molar-refractivity contribution in [3.63, 3.8) is 0 Å². The number of alkyl carbamates (subject to hydrolysis) is 1. The molecule has 1 amide bonds. The molecule has 5 nitrogen and oxygen atoms in total. The minimum atomic E-state index is -0.449. The van der Waals surface area contributed by atoms with Crippen molar-refractivity contribution in [3.05, 3.63) is 0 Å². The third-order valence-electron chi connectivity index (χ3n) is 4.59. The molecule has 1 fully saturated rings. The van der Waals surface area contributed by atoms with E-state index >= 15 is 0 Å². The van der Waals surface area contributed by atoms with E-state index in [1.54, 1.807) is 0 Å². The lowest BCUT2D eigenvalue weighted by molar-refractivity contribution is 0.0516. The smallest absolute Gasteiger partial charge is 0.407 e. The third-order valence-corrected chi connectivity index (χ3v) is 4.59. The zero-order valence-electron chi connectivity index (χ0n) is 16.1. The van der Waals surface area contributed by atoms with Gasteiger partial charge in [0.15, 0.2) is 0 Å². The van der Waals surface area contributed by atoms with Crippen LogP contribution in [0.5, 0.6) is 0 Å². The molecule has 1 aliphatic heterocycles. The molecule has 0 radical (unpaired) electrons. The maximum absolute atomic E-state index is 11.9. The summed E-state index contributed by atoms with van der Waals surface area (Å²) in [5, 5.41) is 6.69. The zero-order valence-corrected chi connectivity index (χ0v) is 16.1. The average molecular weight is 328 g/mol. The van der Waals surface area contributed by atoms with Crippen molar-refractivity contribution in [2.45, 2.75) is 84.5 Å². The van der Waals surface area contributed by atoms with Crippen LogP contribution >= 0.6 is 0 Å². The van der Waals surface area contributed by atoms with Gasteiger partial charge in [-0.15, -0.1) is 0 Å². The van der Waals surface area contributed by atoms with Gasteiger partial charge in [-0.05, 0) is 53.5 Å². The maximum atomic E-state index is 11.9. The quantitative estimate of drug-likeness (QED) is 0.787. The van der Waals surface area contributed by atoms with Crippen LogP contribution in [-0.4, -0.2) is 54.9 Å². The number of carbonyl (C=O) groups is 1. The number of likely N-dealkylation sites (tertiary alicyclic amines) is 1. The van der Waals surface area contributed by atoms with Crippen molar-refractivity contribution < 1.29 is 9.53 Å². The lowest BCUT2D eigenvalue weighted by Gasteiger charge is -2.41. The first-order valence-corrected chi connectivity index (χ1v) is 9.05. The van der Waals surface area contributed by atoms with E-state index in [0.717, 1.165) is 25.8 Å². The summed E-state index contributed by atoms with van der Waals surface area (Å²) in [5.74, 6) is 0.622. The molecule has 0 aromatic rings. The Morgan fingerprint density at radius 1 is 1.35 bits per heavy atom. The van der Waals surface area contributed by atoms with E-state index in [0.29, 0.717) is 30.6 Å². The highest BCUT2D eigenvalue weighted by molar-refractivity contribution is 5.67. The number of hydrogen-bond acceptors (Lipinski definition) is 4. The normalized spacial score (nSPS) is 27.5. The second kappa shape index (κ2) is 8.88. The molecular weight excluding hydrogens is 290 g/mol. The molecule has 23 heavy (non-hydrogen) atoms. The van der Waals surface area contributed by atoms with Crippen LogP contribution in [-0.2, 0) is 4.74 Å². The standard InChI is InChI=1S/C18H37N3O2/c1-8-9-15(11-19-17(22)23-18(4,5)6)20-16-10-14(3)21(7)12-13(16)2/h13-16,20H,8-12H2,1-7H3,(H,19,22). The van der Waals surface area contributed by atoms with Gasteiger partial charge in [-0.2, -0.15) is 0 Å². The number of nitrogens with one attached hydrogen (secondary N) is 2. The minimum Gasteiger partial charge on any atom is -0.444 e. The first kappa shape index (κ1) is 20.2. The summed E-state index contributed by atoms with van der Waals surface area (Å²) >= 11 is 0. The Hall–Kier alpha value is -0.810. The van der Waals surface area contributed by atoms with E-state index in [1.165, 1.54) is 0 Å². The monoisotopic (exact) mass is 327 g/mol. The van der Waals surface area contributed by atoms with Crippen molar-refractivity contribution in [1.82, 2.24) is 15.5 Å². The largest absolute Gasteiger partial charge is 0.444 e. The summed E-state index contributed by atoms with van der Waals surface area (Å²) in [5.41, 5.74) is -0.449. The lowest BCUT2D eigenvalue weighted by atomic mass is 9.89. The van der Waals surface area contributed by atoms with Gasteiger partial charge in [-0.3, -0.25) is 0 Å². The number of rotatable bonds is 6. The van der Waals surface area contributed by atoms with Gasteiger partial charge in [0, 0.05) is 31.2 Å². The Labute approximate surface area is 142 Å². The second-order valence-corrected chi connectivity index (χ2v) is 8.14. The van der Waals surface area contributed by atoms with E-state index in [4.69, 9.17) is 4.74 Å². The van der Waals surface area contributed by atoms with Crippen LogP contribution in [0, 0.1) is 5.92 Å². The number of nitrogens with zero attached hydrogens (tertiary/aromatic N) is 1. The van der Waals surface area contributed by atoms with Gasteiger partial charge >= 0.3 is 6.09 Å². The highest BCUT2D eigenvalue weighted by atomic mass is 16.6. The molecule has 136 valence electrons. The molecule has 4 unspecified atom stereocenters. The predicted molar refractivity (Wildman–Crippen MR) is 95.7 cm³/mol. The minimum absolute atomic E-state index is 0.301. The molecule has 0 aromatic carbocycles. The maximum Gasteiger partial charge on any atom is 0.407 e. The van der Waals surface area contributed by atoms with Gasteiger partial charge in [-0.1, -0.05) is 20.3 Å². The number of hydrogen-bond donors (Lipinski definition) is 2. The van der Waals surface area contributed by atoms with Crippen LogP contribution in [0.25, 0.3) is 0 Å². The summed E-state index contributed by atoms with van der Waals surface area (Å²) in [4.78, 5) is 14.3. The highest BCUT2D eigenvalue weighted by Crippen LogP contribution is 2.21. The molecular formula is C18H37N3O2. The SMILES string of the molecule is CCCC(CNC(=O)OC(C)(C)C)NC1CC(C)N(C)CC1C. The van der Waals surface area contributed by atoms with Crippen LogP contribution in [0.15, 0.2) is 0 Å². The van der Waals surface area contributed by atoms with E-state index < -0.39 is 5.60 Å². The third kappa shape index (κ3) is 7.53. The van der Waals surface area contributed by atoms with E-state index in [-0.39, 0.29) is 6.09 Å². The molecule has 0 bridgehead atoms. The number of ether oxygens (including phenoxy) is 1. The molecule has 1 aliphatic rings. The fourth-order valence-electron chi connectivity index (χ4n) is 3.19. The number of carbonyl (C=O) groups excluding carboxylic acids is 1. The Bertz CT molecular complexity index is 368. The van der Waals surface area contributed by atoms with Crippen LogP contribution in [0.1, 0.15) is 60.8 Å². The molecule has 0 aromatic heterocycles. The number of amides is 1. The van der Waals surface area contributed by atoms with Crippen molar-refractivity contribution in [2.24, 2.45) is 5.92 Å². The molecule has 0 aliphatic carbocycles. The van der Waals surface area contributed by atoms with Gasteiger partial charge in [0.1, 0.15) is 5.60 Å². The van der Waals surface area contributed by atoms with Crippen molar-refractivity contribution in [1.29, 1.82) is 0 Å². The lowest BCUT2D eigenvalue weighted by Crippen LogP contribution is -2.55. The molecule has 1 rings (SSSR count). The fourth-order valence-corrected chi connectivity index (χ4v) is 3.19. The van der Waals surface area contributed by atoms with Crippen molar-refractivity contribution >= 4 is 6.09 Å². The Morgan fingerprint density at radius 2 is 2.00 bits per heavy atom. The van der Waals surface area contributed by atoms with Crippen molar-refractivity contribution in [2.75, 3.05) is 20.1 Å². The molecule has 1 saturated heterocycles. The zero-order chi connectivity index (χ0) is 17.6. The first-order valence-electron chi connectivity index (χ1n) is 9.05. The van der Waals surface area contributed by atoms with E-state index in [9.17, 15) is 4.79 Å². The topological polar surface area (TPSA) is 53.6 Å². The first-order chi connectivity index (χ1) is 10.6. The summed E-state index contributed by atoms with van der Waals surface area (Å²) in [6.45, 7) is 14.2. The Kier molecular flexibility index (Phi) is 7.81. The molecule has 2 N–H and O–H groups in total. The fraction of sp³-hybridized carbons (Fsp3) is 0.944. The predicted octanol–water partition coefficient (Wildman–Crippen LogP) is 3.00. The van der Waals surface area contributed by atoms with Crippen molar-refractivity contribution in [3.8, 4) is 0 Å².